The highest BCUT2D eigenvalue weighted by molar-refractivity contribution is 7.13. The van der Waals surface area contributed by atoms with Crippen LogP contribution in [0.15, 0.2) is 60.1 Å². The molecule has 1 aliphatic heterocycles. The Bertz CT molecular complexity index is 1310. The molecular weight excluding hydrogens is 450 g/mol. The quantitative estimate of drug-likeness (QED) is 0.254. The summed E-state index contributed by atoms with van der Waals surface area (Å²) in [5.41, 5.74) is 11.7. The van der Waals surface area contributed by atoms with Crippen molar-refractivity contribution in [3.63, 3.8) is 0 Å². The number of esters is 1. The zero-order valence-electron chi connectivity index (χ0n) is 19.0. The van der Waals surface area contributed by atoms with Gasteiger partial charge in [-0.05, 0) is 66.6 Å². The van der Waals surface area contributed by atoms with Crippen LogP contribution in [0.25, 0.3) is 10.6 Å². The predicted molar refractivity (Wildman–Crippen MR) is 133 cm³/mol. The summed E-state index contributed by atoms with van der Waals surface area (Å²) in [6, 6.07) is 14.7. The van der Waals surface area contributed by atoms with Gasteiger partial charge in [0.1, 0.15) is 10.8 Å². The van der Waals surface area contributed by atoms with Crippen molar-refractivity contribution in [2.24, 2.45) is 0 Å². The van der Waals surface area contributed by atoms with Gasteiger partial charge < -0.3 is 19.8 Å². The lowest BCUT2D eigenvalue weighted by Gasteiger charge is -2.03. The molecule has 0 amide bonds. The normalized spacial score (nSPS) is 11.7. The number of nitrogen functional groups attached to an aromatic ring is 1. The van der Waals surface area contributed by atoms with Gasteiger partial charge in [-0.3, -0.25) is 4.79 Å². The zero-order valence-corrected chi connectivity index (χ0v) is 19.8. The number of methoxy groups -OCH3 is 1. The van der Waals surface area contributed by atoms with Crippen LogP contribution in [0.2, 0.25) is 0 Å². The first kappa shape index (κ1) is 23.3. The number of nitrogens with two attached hydrogens (primary N) is 1. The third kappa shape index (κ3) is 5.35. The molecule has 0 aliphatic carbocycles. The molecule has 0 spiro atoms. The predicted octanol–water partition coefficient (Wildman–Crippen LogP) is 4.77. The summed E-state index contributed by atoms with van der Waals surface area (Å²) in [5.74, 6) is 0.647. The summed E-state index contributed by atoms with van der Waals surface area (Å²) in [5, 5.41) is 3.06. The minimum Gasteiger partial charge on any atom is -0.493 e. The van der Waals surface area contributed by atoms with E-state index in [1.807, 2.05) is 29.8 Å². The molecule has 0 saturated heterocycles. The molecule has 3 heterocycles. The van der Waals surface area contributed by atoms with Crippen LogP contribution in [-0.2, 0) is 17.7 Å². The van der Waals surface area contributed by atoms with E-state index in [2.05, 4.69) is 22.2 Å². The van der Waals surface area contributed by atoms with Gasteiger partial charge in [0.15, 0.2) is 6.29 Å². The third-order valence-corrected chi connectivity index (χ3v) is 6.28. The van der Waals surface area contributed by atoms with Crippen molar-refractivity contribution >= 4 is 29.3 Å². The largest absolute Gasteiger partial charge is 0.493 e. The molecule has 0 fully saturated rings. The van der Waals surface area contributed by atoms with Gasteiger partial charge in [0, 0.05) is 29.2 Å². The average molecular weight is 476 g/mol. The first-order chi connectivity index (χ1) is 16.5. The second-order valence-electron chi connectivity index (χ2n) is 7.87. The fourth-order valence-electron chi connectivity index (χ4n) is 3.66. The summed E-state index contributed by atoms with van der Waals surface area (Å²) in [4.78, 5) is 26.7. The number of thiazole rings is 1. The lowest BCUT2D eigenvalue weighted by Crippen LogP contribution is -2.02. The standard InChI is InChI=1S/C18H16N2O2S.C8H9NO2/c1-12-6-16(10-21)20(8-12)9-15-11-23-18(19-15)14-2-3-17-13(7-14)4-5-22-17;1-11-8(10)6-2-4-7(9)5-3-6/h2-3,6-8,10-11H,4-5,9H2,1H3;2-5H,9H2,1H3. The van der Waals surface area contributed by atoms with Gasteiger partial charge >= 0.3 is 5.97 Å². The van der Waals surface area contributed by atoms with E-state index in [9.17, 15) is 9.59 Å². The van der Waals surface area contributed by atoms with Crippen LogP contribution in [0.5, 0.6) is 5.75 Å². The van der Waals surface area contributed by atoms with Gasteiger partial charge in [-0.25, -0.2) is 9.78 Å². The number of carbonyl (C=O) groups excluding carboxylic acids is 2. The minimum atomic E-state index is -0.343. The summed E-state index contributed by atoms with van der Waals surface area (Å²) in [6.07, 6.45) is 3.84. The molecular formula is C26H25N3O4S. The molecule has 4 aromatic rings. The Hall–Kier alpha value is -3.91. The molecule has 0 radical (unpaired) electrons. The van der Waals surface area contributed by atoms with E-state index in [-0.39, 0.29) is 5.97 Å². The molecule has 34 heavy (non-hydrogen) atoms. The van der Waals surface area contributed by atoms with Crippen LogP contribution in [0.1, 0.15) is 37.7 Å². The SMILES string of the molecule is COC(=O)c1ccc(N)cc1.Cc1cc(C=O)n(Cc2csc(-c3ccc4c(c3)CCO4)n2)c1. The summed E-state index contributed by atoms with van der Waals surface area (Å²) >= 11 is 1.63. The number of benzene rings is 2. The highest BCUT2D eigenvalue weighted by atomic mass is 32.1. The Morgan fingerprint density at radius 3 is 2.76 bits per heavy atom. The number of hydrogen-bond acceptors (Lipinski definition) is 7. The Kier molecular flexibility index (Phi) is 7.08. The van der Waals surface area contributed by atoms with Crippen LogP contribution in [0, 0.1) is 6.92 Å². The first-order valence-corrected chi connectivity index (χ1v) is 11.6. The van der Waals surface area contributed by atoms with Gasteiger partial charge in [0.2, 0.25) is 0 Å². The van der Waals surface area contributed by atoms with Crippen molar-refractivity contribution in [2.45, 2.75) is 19.9 Å². The second kappa shape index (κ2) is 10.4. The zero-order chi connectivity index (χ0) is 24.1. The van der Waals surface area contributed by atoms with Gasteiger partial charge in [-0.2, -0.15) is 0 Å². The maximum atomic E-state index is 11.1. The molecule has 2 aromatic carbocycles. The molecule has 0 saturated carbocycles. The van der Waals surface area contributed by atoms with Crippen molar-refractivity contribution in [1.29, 1.82) is 0 Å². The highest BCUT2D eigenvalue weighted by Gasteiger charge is 2.14. The fourth-order valence-corrected chi connectivity index (χ4v) is 4.46. The van der Waals surface area contributed by atoms with Crippen LogP contribution in [0.4, 0.5) is 5.69 Å². The molecule has 0 atom stereocenters. The van der Waals surface area contributed by atoms with Crippen molar-refractivity contribution in [2.75, 3.05) is 19.5 Å². The van der Waals surface area contributed by atoms with E-state index in [0.29, 0.717) is 23.5 Å². The number of nitrogens with zero attached hydrogens (tertiary/aromatic N) is 2. The van der Waals surface area contributed by atoms with Crippen molar-refractivity contribution in [3.05, 3.63) is 88.2 Å². The van der Waals surface area contributed by atoms with Gasteiger partial charge in [0.25, 0.3) is 0 Å². The molecule has 0 unspecified atom stereocenters. The molecule has 174 valence electrons. The number of aryl methyl sites for hydroxylation is 1. The lowest BCUT2D eigenvalue weighted by atomic mass is 10.1. The molecule has 5 rings (SSSR count). The second-order valence-corrected chi connectivity index (χ2v) is 8.72. The maximum absolute atomic E-state index is 11.1. The van der Waals surface area contributed by atoms with E-state index < -0.39 is 0 Å². The van der Waals surface area contributed by atoms with Crippen LogP contribution < -0.4 is 10.5 Å². The summed E-state index contributed by atoms with van der Waals surface area (Å²) in [7, 11) is 1.35. The third-order valence-electron chi connectivity index (χ3n) is 5.34. The molecule has 8 heteroatoms. The number of ether oxygens (including phenoxy) is 2. The number of anilines is 1. The Morgan fingerprint density at radius 1 is 1.24 bits per heavy atom. The van der Waals surface area contributed by atoms with E-state index in [0.717, 1.165) is 46.9 Å². The monoisotopic (exact) mass is 475 g/mol. The Balaban J connectivity index is 0.000000210. The molecule has 2 aromatic heterocycles. The lowest BCUT2D eigenvalue weighted by molar-refractivity contribution is 0.0600. The Morgan fingerprint density at radius 2 is 2.03 bits per heavy atom. The average Bonchev–Trinajstić information content (AvgIpc) is 3.59. The smallest absolute Gasteiger partial charge is 0.337 e. The maximum Gasteiger partial charge on any atom is 0.337 e. The topological polar surface area (TPSA) is 96.4 Å². The number of aldehydes is 1. The van der Waals surface area contributed by atoms with Gasteiger partial charge in [-0.15, -0.1) is 11.3 Å². The molecule has 7 nitrogen and oxygen atoms in total. The Labute approximate surface area is 201 Å². The summed E-state index contributed by atoms with van der Waals surface area (Å²) in [6.45, 7) is 3.37. The summed E-state index contributed by atoms with van der Waals surface area (Å²) < 4.78 is 12.0. The molecule has 0 bridgehead atoms. The number of carbonyl (C=O) groups is 2. The van der Waals surface area contributed by atoms with Crippen molar-refractivity contribution in [1.82, 2.24) is 9.55 Å². The van der Waals surface area contributed by atoms with E-state index in [1.54, 1.807) is 35.6 Å². The van der Waals surface area contributed by atoms with Crippen LogP contribution in [-0.4, -0.2) is 35.5 Å². The van der Waals surface area contributed by atoms with Gasteiger partial charge in [0.05, 0.1) is 37.2 Å². The number of hydrogen-bond donors (Lipinski definition) is 1. The number of aromatic nitrogens is 2. The highest BCUT2D eigenvalue weighted by Crippen LogP contribution is 2.32. The van der Waals surface area contributed by atoms with Crippen LogP contribution in [0.3, 0.4) is 0 Å². The van der Waals surface area contributed by atoms with Crippen LogP contribution >= 0.6 is 11.3 Å². The fraction of sp³-hybridized carbons (Fsp3) is 0.192. The molecule has 1 aliphatic rings. The van der Waals surface area contributed by atoms with E-state index in [1.165, 1.54) is 12.7 Å². The first-order valence-electron chi connectivity index (χ1n) is 10.7. The molecule has 2 N–H and O–H groups in total. The van der Waals surface area contributed by atoms with Crippen molar-refractivity contribution in [3.8, 4) is 16.3 Å². The van der Waals surface area contributed by atoms with Crippen molar-refractivity contribution < 1.29 is 19.1 Å². The number of fused-ring (bicyclic) bond motifs is 1. The van der Waals surface area contributed by atoms with E-state index in [4.69, 9.17) is 15.5 Å². The number of rotatable bonds is 5. The van der Waals surface area contributed by atoms with Gasteiger partial charge in [-0.1, -0.05) is 0 Å². The van der Waals surface area contributed by atoms with E-state index >= 15 is 0 Å². The minimum absolute atomic E-state index is 0.343.